The number of hydrogen-bond donors (Lipinski definition) is 0. The smallest absolute Gasteiger partial charge is 0.416 e. The highest BCUT2D eigenvalue weighted by atomic mass is 32.1. The number of thiophene rings is 1. The maximum Gasteiger partial charge on any atom is 0.416 e. The first kappa shape index (κ1) is 19.2. The quantitative estimate of drug-likeness (QED) is 0.397. The van der Waals surface area contributed by atoms with Gasteiger partial charge in [0.1, 0.15) is 16.3 Å². The molecule has 0 aliphatic rings. The lowest BCUT2D eigenvalue weighted by molar-refractivity contribution is -0.137. The Labute approximate surface area is 168 Å². The Morgan fingerprint density at radius 2 is 1.86 bits per heavy atom. The van der Waals surface area contributed by atoms with Crippen LogP contribution in [0.15, 0.2) is 60.7 Å². The minimum absolute atomic E-state index is 0.235. The van der Waals surface area contributed by atoms with E-state index < -0.39 is 17.7 Å². The molecule has 0 spiro atoms. The normalized spacial score (nSPS) is 11.7. The van der Waals surface area contributed by atoms with Crippen molar-refractivity contribution in [1.82, 2.24) is 9.78 Å². The molecule has 0 fully saturated rings. The van der Waals surface area contributed by atoms with Gasteiger partial charge in [-0.25, -0.2) is 9.48 Å². The second kappa shape index (κ2) is 7.36. The minimum atomic E-state index is -4.44. The summed E-state index contributed by atoms with van der Waals surface area (Å²) in [5.41, 5.74) is 1.15. The first-order valence-electron chi connectivity index (χ1n) is 8.71. The van der Waals surface area contributed by atoms with E-state index in [1.54, 1.807) is 10.7 Å². The van der Waals surface area contributed by atoms with Crippen LogP contribution in [0.5, 0.6) is 0 Å². The molecule has 0 aliphatic heterocycles. The second-order valence-electron chi connectivity index (χ2n) is 6.44. The fraction of sp³-hybridized carbons (Fsp3) is 0.143. The molecule has 29 heavy (non-hydrogen) atoms. The third kappa shape index (κ3) is 3.88. The largest absolute Gasteiger partial charge is 0.457 e. The number of carbonyl (C=O) groups is 1. The van der Waals surface area contributed by atoms with Crippen molar-refractivity contribution < 1.29 is 22.7 Å². The monoisotopic (exact) mass is 416 g/mol. The van der Waals surface area contributed by atoms with E-state index in [9.17, 15) is 18.0 Å². The first-order valence-corrected chi connectivity index (χ1v) is 9.52. The molecule has 0 aliphatic carbocycles. The lowest BCUT2D eigenvalue weighted by Crippen LogP contribution is -2.07. The molecule has 0 atom stereocenters. The van der Waals surface area contributed by atoms with Gasteiger partial charge >= 0.3 is 12.1 Å². The third-order valence-corrected chi connectivity index (χ3v) is 5.46. The van der Waals surface area contributed by atoms with Crippen molar-refractivity contribution in [3.8, 4) is 5.69 Å². The van der Waals surface area contributed by atoms with Crippen LogP contribution < -0.4 is 0 Å². The summed E-state index contributed by atoms with van der Waals surface area (Å²) in [6.07, 6.45) is -4.44. The van der Waals surface area contributed by atoms with Crippen LogP contribution in [-0.2, 0) is 17.5 Å². The molecule has 4 rings (SSSR count). The van der Waals surface area contributed by atoms with Gasteiger partial charge in [-0.2, -0.15) is 18.3 Å². The van der Waals surface area contributed by atoms with Crippen molar-refractivity contribution in [2.24, 2.45) is 0 Å². The van der Waals surface area contributed by atoms with E-state index in [0.29, 0.717) is 4.88 Å². The van der Waals surface area contributed by atoms with Crippen molar-refractivity contribution in [3.05, 3.63) is 82.4 Å². The Balaban J connectivity index is 1.55. The van der Waals surface area contributed by atoms with Gasteiger partial charge in [0.05, 0.1) is 16.9 Å². The Bertz CT molecular complexity index is 1180. The zero-order valence-electron chi connectivity index (χ0n) is 15.2. The van der Waals surface area contributed by atoms with Gasteiger partial charge in [0.2, 0.25) is 0 Å². The molecule has 0 saturated heterocycles. The Morgan fingerprint density at radius 3 is 2.59 bits per heavy atom. The molecule has 0 saturated carbocycles. The lowest BCUT2D eigenvalue weighted by Gasteiger charge is -2.09. The van der Waals surface area contributed by atoms with E-state index in [1.807, 2.05) is 37.3 Å². The summed E-state index contributed by atoms with van der Waals surface area (Å²) in [5.74, 6) is -0.581. The van der Waals surface area contributed by atoms with Gasteiger partial charge in [0, 0.05) is 5.39 Å². The van der Waals surface area contributed by atoms with E-state index in [2.05, 4.69) is 5.10 Å². The predicted octanol–water partition coefficient (Wildman–Crippen LogP) is 5.77. The molecule has 2 aromatic carbocycles. The molecule has 0 N–H and O–H groups in total. The average molecular weight is 416 g/mol. The van der Waals surface area contributed by atoms with E-state index in [4.69, 9.17) is 4.74 Å². The number of halogens is 3. The van der Waals surface area contributed by atoms with Gasteiger partial charge in [-0.15, -0.1) is 11.3 Å². The number of nitrogens with zero attached hydrogens (tertiary/aromatic N) is 2. The van der Waals surface area contributed by atoms with Gasteiger partial charge in [-0.05, 0) is 42.8 Å². The number of aryl methyl sites for hydroxylation is 1. The standard InChI is InChI=1S/C21H15F3N2O2S/c1-13-17-11-18(29-19(17)26(25-13)16-8-3-2-4-9-16)20(27)28-12-14-6-5-7-15(10-14)21(22,23)24/h2-11H,12H2,1H3. The van der Waals surface area contributed by atoms with Crippen LogP contribution in [0.1, 0.15) is 26.5 Å². The van der Waals surface area contributed by atoms with Crippen molar-refractivity contribution in [3.63, 3.8) is 0 Å². The molecule has 4 nitrogen and oxygen atoms in total. The number of benzene rings is 2. The maximum absolute atomic E-state index is 12.8. The van der Waals surface area contributed by atoms with Crippen LogP contribution >= 0.6 is 11.3 Å². The molecular weight excluding hydrogens is 401 g/mol. The molecule has 148 valence electrons. The van der Waals surface area contributed by atoms with Gasteiger partial charge in [0.25, 0.3) is 0 Å². The number of para-hydroxylation sites is 1. The third-order valence-electron chi connectivity index (χ3n) is 4.37. The van der Waals surface area contributed by atoms with E-state index in [0.717, 1.165) is 33.7 Å². The van der Waals surface area contributed by atoms with Crippen LogP contribution in [0, 0.1) is 6.92 Å². The Kier molecular flexibility index (Phi) is 4.87. The molecule has 4 aromatic rings. The highest BCUT2D eigenvalue weighted by molar-refractivity contribution is 7.20. The maximum atomic E-state index is 12.8. The zero-order chi connectivity index (χ0) is 20.6. The number of rotatable bonds is 4. The van der Waals surface area contributed by atoms with Crippen LogP contribution in [0.25, 0.3) is 15.9 Å². The number of esters is 1. The van der Waals surface area contributed by atoms with Gasteiger partial charge < -0.3 is 4.74 Å². The Hall–Kier alpha value is -3.13. The van der Waals surface area contributed by atoms with Gasteiger partial charge in [-0.1, -0.05) is 30.3 Å². The fourth-order valence-electron chi connectivity index (χ4n) is 2.95. The Morgan fingerprint density at radius 1 is 1.10 bits per heavy atom. The van der Waals surface area contributed by atoms with Crippen LogP contribution in [-0.4, -0.2) is 15.7 Å². The van der Waals surface area contributed by atoms with E-state index >= 15 is 0 Å². The van der Waals surface area contributed by atoms with Crippen molar-refractivity contribution in [1.29, 1.82) is 0 Å². The summed E-state index contributed by atoms with van der Waals surface area (Å²) < 4.78 is 45.5. The van der Waals surface area contributed by atoms with Gasteiger partial charge in [0.15, 0.2) is 0 Å². The number of alkyl halides is 3. The highest BCUT2D eigenvalue weighted by Gasteiger charge is 2.30. The molecule has 0 unspecified atom stereocenters. The second-order valence-corrected chi connectivity index (χ2v) is 7.47. The summed E-state index contributed by atoms with van der Waals surface area (Å²) >= 11 is 1.24. The van der Waals surface area contributed by atoms with Crippen molar-refractivity contribution >= 4 is 27.5 Å². The summed E-state index contributed by atoms with van der Waals surface area (Å²) in [4.78, 5) is 13.6. The number of hydrogen-bond acceptors (Lipinski definition) is 4. The summed E-state index contributed by atoms with van der Waals surface area (Å²) in [7, 11) is 0. The molecule has 0 amide bonds. The molecular formula is C21H15F3N2O2S. The number of aromatic nitrogens is 2. The number of ether oxygens (including phenoxy) is 1. The molecule has 8 heteroatoms. The first-order chi connectivity index (χ1) is 13.8. The molecule has 0 radical (unpaired) electrons. The topological polar surface area (TPSA) is 44.1 Å². The minimum Gasteiger partial charge on any atom is -0.457 e. The van der Waals surface area contributed by atoms with Crippen LogP contribution in [0.2, 0.25) is 0 Å². The summed E-state index contributed by atoms with van der Waals surface area (Å²) in [6, 6.07) is 16.0. The number of carbonyl (C=O) groups excluding carboxylic acids is 1. The van der Waals surface area contributed by atoms with E-state index in [-0.39, 0.29) is 12.2 Å². The molecule has 2 heterocycles. The van der Waals surface area contributed by atoms with Crippen LogP contribution in [0.3, 0.4) is 0 Å². The zero-order valence-corrected chi connectivity index (χ0v) is 16.1. The fourth-order valence-corrected chi connectivity index (χ4v) is 4.03. The van der Waals surface area contributed by atoms with Crippen molar-refractivity contribution in [2.75, 3.05) is 0 Å². The van der Waals surface area contributed by atoms with Gasteiger partial charge in [-0.3, -0.25) is 0 Å². The van der Waals surface area contributed by atoms with Crippen molar-refractivity contribution in [2.45, 2.75) is 19.7 Å². The highest BCUT2D eigenvalue weighted by Crippen LogP contribution is 2.32. The summed E-state index contributed by atoms with van der Waals surface area (Å²) in [6.45, 7) is 1.62. The van der Waals surface area contributed by atoms with Crippen LogP contribution in [0.4, 0.5) is 13.2 Å². The van der Waals surface area contributed by atoms with E-state index in [1.165, 1.54) is 23.5 Å². The summed E-state index contributed by atoms with van der Waals surface area (Å²) in [5, 5.41) is 5.35. The molecule has 0 bridgehead atoms. The predicted molar refractivity (Wildman–Crippen MR) is 104 cm³/mol. The SMILES string of the molecule is Cc1nn(-c2ccccc2)c2sc(C(=O)OCc3cccc(C(F)(F)F)c3)cc12. The number of fused-ring (bicyclic) bond motifs is 1. The average Bonchev–Trinajstić information content (AvgIpc) is 3.27. The lowest BCUT2D eigenvalue weighted by atomic mass is 10.1. The molecule has 2 aromatic heterocycles.